The molecular weight excluding hydrogens is 256 g/mol. The van der Waals surface area contributed by atoms with Crippen molar-refractivity contribution in [3.8, 4) is 0 Å². The molecule has 1 aliphatic rings. The molecule has 1 atom stereocenters. The third kappa shape index (κ3) is 2.59. The van der Waals surface area contributed by atoms with Crippen molar-refractivity contribution >= 4 is 0 Å². The van der Waals surface area contributed by atoms with Crippen LogP contribution >= 0.6 is 0 Å². The van der Waals surface area contributed by atoms with Crippen molar-refractivity contribution in [2.24, 2.45) is 0 Å². The quantitative estimate of drug-likeness (QED) is 0.850. The molecule has 7 nitrogen and oxygen atoms in total. The lowest BCUT2D eigenvalue weighted by molar-refractivity contribution is -0.0414. The van der Waals surface area contributed by atoms with Crippen LogP contribution in [0.4, 0.5) is 0 Å². The molecule has 1 fully saturated rings. The number of nitrogens with one attached hydrogen (secondary N) is 1. The minimum Gasteiger partial charge on any atom is -0.382 e. The predicted octanol–water partition coefficient (Wildman–Crippen LogP) is 0.505. The molecule has 0 radical (unpaired) electrons. The van der Waals surface area contributed by atoms with Gasteiger partial charge in [0, 0.05) is 31.4 Å². The first-order valence-corrected chi connectivity index (χ1v) is 7.02. The number of piperidine rings is 1. The Bertz CT molecular complexity index is 551. The number of aromatic amines is 1. The lowest BCUT2D eigenvalue weighted by Gasteiger charge is -2.37. The van der Waals surface area contributed by atoms with Crippen molar-refractivity contribution in [1.82, 2.24) is 30.1 Å². The summed E-state index contributed by atoms with van der Waals surface area (Å²) in [5.74, 6) is 0. The van der Waals surface area contributed by atoms with Crippen LogP contribution in [0.25, 0.3) is 0 Å². The fraction of sp³-hybridized carbons (Fsp3) is 0.615. The van der Waals surface area contributed by atoms with Gasteiger partial charge in [0.25, 0.3) is 0 Å². The maximum Gasteiger partial charge on any atom is 0.123 e. The Labute approximate surface area is 117 Å². The maximum atomic E-state index is 10.7. The summed E-state index contributed by atoms with van der Waals surface area (Å²) in [6.07, 6.45) is 7.24. The topological polar surface area (TPSA) is 82.9 Å². The van der Waals surface area contributed by atoms with Crippen molar-refractivity contribution in [1.29, 1.82) is 0 Å². The van der Waals surface area contributed by atoms with E-state index in [2.05, 4.69) is 38.5 Å². The Morgan fingerprint density at radius 3 is 3.05 bits per heavy atom. The molecule has 1 unspecified atom stereocenters. The summed E-state index contributed by atoms with van der Waals surface area (Å²) in [7, 11) is 0. The summed E-state index contributed by atoms with van der Waals surface area (Å²) in [6, 6.07) is 0. The average molecular weight is 276 g/mol. The van der Waals surface area contributed by atoms with Crippen molar-refractivity contribution < 1.29 is 5.11 Å². The zero-order valence-electron chi connectivity index (χ0n) is 11.7. The van der Waals surface area contributed by atoms with Gasteiger partial charge >= 0.3 is 0 Å². The maximum absolute atomic E-state index is 10.7. The average Bonchev–Trinajstić information content (AvgIpc) is 3.10. The fourth-order valence-corrected chi connectivity index (χ4v) is 2.81. The van der Waals surface area contributed by atoms with Crippen LogP contribution in [0.2, 0.25) is 0 Å². The molecule has 20 heavy (non-hydrogen) atoms. The summed E-state index contributed by atoms with van der Waals surface area (Å²) < 4.78 is 1.92. The number of likely N-dealkylation sites (tertiary alicyclic amines) is 1. The van der Waals surface area contributed by atoms with Crippen molar-refractivity contribution in [3.63, 3.8) is 0 Å². The Morgan fingerprint density at radius 1 is 1.45 bits per heavy atom. The van der Waals surface area contributed by atoms with Gasteiger partial charge in [-0.1, -0.05) is 0 Å². The summed E-state index contributed by atoms with van der Waals surface area (Å²) >= 11 is 0. The van der Waals surface area contributed by atoms with Gasteiger partial charge in [0.15, 0.2) is 0 Å². The first-order valence-electron chi connectivity index (χ1n) is 7.02. The highest BCUT2D eigenvalue weighted by Crippen LogP contribution is 2.30. The molecular formula is C13H20N6O. The summed E-state index contributed by atoms with van der Waals surface area (Å²) in [6.45, 7) is 5.32. The standard InChI is InChI=1S/C13H20N6O/c1-2-19-9-11(6-15-19)8-18-5-3-4-13(20,10-18)12-7-14-17-16-12/h6-7,9,20H,2-5,8,10H2,1H3,(H,14,16,17). The lowest BCUT2D eigenvalue weighted by atomic mass is 9.90. The monoisotopic (exact) mass is 276 g/mol. The predicted molar refractivity (Wildman–Crippen MR) is 72.7 cm³/mol. The van der Waals surface area contributed by atoms with E-state index < -0.39 is 5.60 Å². The largest absolute Gasteiger partial charge is 0.382 e. The van der Waals surface area contributed by atoms with Gasteiger partial charge in [-0.2, -0.15) is 20.5 Å². The first-order chi connectivity index (χ1) is 9.69. The van der Waals surface area contributed by atoms with Crippen molar-refractivity contribution in [2.75, 3.05) is 13.1 Å². The fourth-order valence-electron chi connectivity index (χ4n) is 2.81. The Morgan fingerprint density at radius 2 is 2.35 bits per heavy atom. The molecule has 0 aliphatic carbocycles. The van der Waals surface area contributed by atoms with E-state index in [9.17, 15) is 5.11 Å². The second-order valence-electron chi connectivity index (χ2n) is 5.41. The number of hydrogen-bond donors (Lipinski definition) is 2. The molecule has 1 aliphatic heterocycles. The zero-order valence-corrected chi connectivity index (χ0v) is 11.7. The van der Waals surface area contributed by atoms with Gasteiger partial charge in [-0.25, -0.2) is 0 Å². The molecule has 0 amide bonds. The van der Waals surface area contributed by atoms with Crippen LogP contribution in [-0.4, -0.2) is 48.3 Å². The Hall–Kier alpha value is -1.73. The third-order valence-corrected chi connectivity index (χ3v) is 3.86. The van der Waals surface area contributed by atoms with Crippen LogP contribution < -0.4 is 0 Å². The Balaban J connectivity index is 1.69. The SMILES string of the molecule is CCn1cc(CN2CCCC(O)(c3cn[nH]n3)C2)cn1. The molecule has 1 saturated heterocycles. The second-order valence-corrected chi connectivity index (χ2v) is 5.41. The molecule has 2 aromatic rings. The smallest absolute Gasteiger partial charge is 0.123 e. The highest BCUT2D eigenvalue weighted by atomic mass is 16.3. The van der Waals surface area contributed by atoms with Crippen LogP contribution in [-0.2, 0) is 18.7 Å². The molecule has 7 heteroatoms. The van der Waals surface area contributed by atoms with E-state index in [1.165, 1.54) is 5.56 Å². The molecule has 0 saturated carbocycles. The highest BCUT2D eigenvalue weighted by molar-refractivity contribution is 5.10. The number of nitrogens with zero attached hydrogens (tertiary/aromatic N) is 5. The van der Waals surface area contributed by atoms with Crippen LogP contribution in [0, 0.1) is 0 Å². The summed E-state index contributed by atoms with van der Waals surface area (Å²) in [5.41, 5.74) is 0.911. The number of aliphatic hydroxyl groups is 1. The summed E-state index contributed by atoms with van der Waals surface area (Å²) in [5, 5.41) is 25.4. The molecule has 2 aromatic heterocycles. The number of rotatable bonds is 4. The molecule has 3 rings (SSSR count). The van der Waals surface area contributed by atoms with Gasteiger partial charge in [0.2, 0.25) is 0 Å². The van der Waals surface area contributed by atoms with E-state index >= 15 is 0 Å². The number of aromatic nitrogens is 5. The van der Waals surface area contributed by atoms with E-state index in [4.69, 9.17) is 0 Å². The van der Waals surface area contributed by atoms with Crippen LogP contribution in [0.1, 0.15) is 31.0 Å². The minimum atomic E-state index is -0.897. The van der Waals surface area contributed by atoms with E-state index in [1.807, 2.05) is 10.9 Å². The zero-order chi connectivity index (χ0) is 14.0. The van der Waals surface area contributed by atoms with E-state index in [-0.39, 0.29) is 0 Å². The van der Waals surface area contributed by atoms with E-state index in [0.717, 1.165) is 32.5 Å². The Kier molecular flexibility index (Phi) is 3.54. The van der Waals surface area contributed by atoms with E-state index in [1.54, 1.807) is 6.20 Å². The number of hydrogen-bond acceptors (Lipinski definition) is 5. The van der Waals surface area contributed by atoms with Crippen LogP contribution in [0.15, 0.2) is 18.6 Å². The van der Waals surface area contributed by atoms with E-state index in [0.29, 0.717) is 12.2 Å². The third-order valence-electron chi connectivity index (χ3n) is 3.86. The van der Waals surface area contributed by atoms with Crippen molar-refractivity contribution in [3.05, 3.63) is 29.8 Å². The molecule has 3 heterocycles. The second kappa shape index (κ2) is 5.34. The van der Waals surface area contributed by atoms with Gasteiger partial charge in [-0.15, -0.1) is 0 Å². The van der Waals surface area contributed by atoms with Crippen molar-refractivity contribution in [2.45, 2.75) is 38.5 Å². The van der Waals surface area contributed by atoms with Crippen LogP contribution in [0.3, 0.4) is 0 Å². The normalized spacial score (nSPS) is 24.1. The van der Waals surface area contributed by atoms with Crippen LogP contribution in [0.5, 0.6) is 0 Å². The number of aryl methyl sites for hydroxylation is 1. The highest BCUT2D eigenvalue weighted by Gasteiger charge is 2.37. The number of H-pyrrole nitrogens is 1. The number of β-amino-alcohol motifs (C(OH)–C–C–N with tert-alkyl or cyclic N) is 1. The molecule has 0 bridgehead atoms. The molecule has 108 valence electrons. The van der Waals surface area contributed by atoms with Gasteiger partial charge < -0.3 is 5.11 Å². The first kappa shape index (κ1) is 13.3. The van der Waals surface area contributed by atoms with Gasteiger partial charge in [0.1, 0.15) is 11.3 Å². The summed E-state index contributed by atoms with van der Waals surface area (Å²) in [4.78, 5) is 2.25. The lowest BCUT2D eigenvalue weighted by Crippen LogP contribution is -2.45. The molecule has 0 aromatic carbocycles. The van der Waals surface area contributed by atoms with Gasteiger partial charge in [0.05, 0.1) is 12.4 Å². The minimum absolute atomic E-state index is 0.580. The van der Waals surface area contributed by atoms with Gasteiger partial charge in [-0.05, 0) is 26.3 Å². The van der Waals surface area contributed by atoms with Gasteiger partial charge in [-0.3, -0.25) is 9.58 Å². The molecule has 0 spiro atoms. The molecule has 2 N–H and O–H groups in total.